The molecule has 0 aliphatic rings. The van der Waals surface area contributed by atoms with Crippen molar-refractivity contribution >= 4 is 17.5 Å². The Kier molecular flexibility index (Phi) is 5.52. The molecule has 0 unspecified atom stereocenters. The molecule has 5 nitrogen and oxygen atoms in total. The smallest absolute Gasteiger partial charge is 0.255 e. The van der Waals surface area contributed by atoms with Crippen LogP contribution in [0.25, 0.3) is 0 Å². The highest BCUT2D eigenvalue weighted by Gasteiger charge is 2.14. The Morgan fingerprint density at radius 3 is 2.30 bits per heavy atom. The summed E-state index contributed by atoms with van der Waals surface area (Å²) in [5.74, 6) is -0.227. The number of benzene rings is 3. The van der Waals surface area contributed by atoms with Crippen LogP contribution in [0.15, 0.2) is 72.8 Å². The summed E-state index contributed by atoms with van der Waals surface area (Å²) in [6, 6.07) is 21.9. The number of anilines is 1. The maximum absolute atomic E-state index is 12.5. The highest BCUT2D eigenvalue weighted by atomic mass is 16.5. The summed E-state index contributed by atoms with van der Waals surface area (Å²) >= 11 is 0. The molecule has 0 saturated carbocycles. The third-order valence-electron chi connectivity index (χ3n) is 4.13. The second-order valence-corrected chi connectivity index (χ2v) is 6.11. The molecule has 3 N–H and O–H groups in total. The molecule has 0 heterocycles. The first-order valence-corrected chi connectivity index (χ1v) is 8.52. The van der Waals surface area contributed by atoms with E-state index in [0.29, 0.717) is 34.7 Å². The number of ether oxygens (including phenoxy) is 1. The van der Waals surface area contributed by atoms with Gasteiger partial charge in [-0.2, -0.15) is 0 Å². The van der Waals surface area contributed by atoms with Gasteiger partial charge in [-0.3, -0.25) is 9.59 Å². The normalized spacial score (nSPS) is 10.3. The van der Waals surface area contributed by atoms with Gasteiger partial charge in [0.25, 0.3) is 11.8 Å². The molecule has 3 aromatic carbocycles. The summed E-state index contributed by atoms with van der Waals surface area (Å²) in [7, 11) is 0. The molecule has 0 aliphatic heterocycles. The Bertz CT molecular complexity index is 951. The van der Waals surface area contributed by atoms with Gasteiger partial charge in [0.15, 0.2) is 0 Å². The quantitative estimate of drug-likeness (QED) is 0.699. The lowest BCUT2D eigenvalue weighted by Gasteiger charge is -2.12. The predicted molar refractivity (Wildman–Crippen MR) is 105 cm³/mol. The van der Waals surface area contributed by atoms with Crippen molar-refractivity contribution in [2.24, 2.45) is 5.73 Å². The van der Waals surface area contributed by atoms with E-state index in [1.807, 2.05) is 30.3 Å². The van der Waals surface area contributed by atoms with E-state index in [4.69, 9.17) is 10.5 Å². The van der Waals surface area contributed by atoms with Crippen molar-refractivity contribution in [1.82, 2.24) is 0 Å². The number of amides is 2. The average molecular weight is 360 g/mol. The second kappa shape index (κ2) is 8.19. The third kappa shape index (κ3) is 4.52. The fourth-order valence-corrected chi connectivity index (χ4v) is 2.74. The second-order valence-electron chi connectivity index (χ2n) is 6.11. The maximum atomic E-state index is 12.5. The minimum atomic E-state index is -0.576. The van der Waals surface area contributed by atoms with E-state index < -0.39 is 5.91 Å². The number of hydrogen-bond donors (Lipinski definition) is 2. The Morgan fingerprint density at radius 1 is 0.926 bits per heavy atom. The molecule has 27 heavy (non-hydrogen) atoms. The molecule has 0 atom stereocenters. The van der Waals surface area contributed by atoms with Crippen LogP contribution in [0.1, 0.15) is 31.8 Å². The van der Waals surface area contributed by atoms with E-state index in [2.05, 4.69) is 5.32 Å². The van der Waals surface area contributed by atoms with Crippen LogP contribution >= 0.6 is 0 Å². The van der Waals surface area contributed by atoms with Crippen LogP contribution < -0.4 is 15.8 Å². The number of nitrogens with two attached hydrogens (primary N) is 1. The first-order valence-electron chi connectivity index (χ1n) is 8.52. The van der Waals surface area contributed by atoms with Crippen molar-refractivity contribution in [1.29, 1.82) is 0 Å². The molecule has 0 bridgehead atoms. The number of rotatable bonds is 6. The monoisotopic (exact) mass is 360 g/mol. The number of aryl methyl sites for hydroxylation is 1. The van der Waals surface area contributed by atoms with Crippen molar-refractivity contribution in [3.05, 3.63) is 95.1 Å². The molecule has 0 spiro atoms. The Morgan fingerprint density at radius 2 is 1.63 bits per heavy atom. The van der Waals surface area contributed by atoms with Gasteiger partial charge in [0.2, 0.25) is 0 Å². The molecule has 0 fully saturated rings. The Hall–Kier alpha value is -3.60. The van der Waals surface area contributed by atoms with E-state index in [1.54, 1.807) is 49.4 Å². The van der Waals surface area contributed by atoms with Gasteiger partial charge in [0.1, 0.15) is 12.4 Å². The first-order chi connectivity index (χ1) is 13.0. The topological polar surface area (TPSA) is 81.4 Å². The van der Waals surface area contributed by atoms with Crippen LogP contribution in [0, 0.1) is 6.92 Å². The van der Waals surface area contributed by atoms with Crippen LogP contribution in [0.3, 0.4) is 0 Å². The molecular formula is C22H20N2O3. The molecule has 0 saturated heterocycles. The lowest BCUT2D eigenvalue weighted by Crippen LogP contribution is -2.19. The number of hydrogen-bond acceptors (Lipinski definition) is 3. The van der Waals surface area contributed by atoms with Crippen LogP contribution in [0.2, 0.25) is 0 Å². The van der Waals surface area contributed by atoms with Crippen molar-refractivity contribution in [3.63, 3.8) is 0 Å². The van der Waals surface area contributed by atoms with Gasteiger partial charge in [-0.15, -0.1) is 0 Å². The molecule has 0 aromatic heterocycles. The molecule has 2 amide bonds. The van der Waals surface area contributed by atoms with E-state index in [0.717, 1.165) is 5.56 Å². The average Bonchev–Trinajstić information content (AvgIpc) is 2.67. The minimum absolute atomic E-state index is 0.314. The highest BCUT2D eigenvalue weighted by molar-refractivity contribution is 6.09. The van der Waals surface area contributed by atoms with Gasteiger partial charge in [0.05, 0.1) is 11.3 Å². The van der Waals surface area contributed by atoms with Gasteiger partial charge < -0.3 is 15.8 Å². The van der Waals surface area contributed by atoms with Crippen LogP contribution in [-0.4, -0.2) is 11.8 Å². The summed E-state index contributed by atoms with van der Waals surface area (Å²) in [6.45, 7) is 2.23. The standard InChI is InChI=1S/C22H20N2O3/c1-15-6-5-9-19(20(15)21(23)25)24-22(26)17-10-12-18(13-11-17)27-14-16-7-3-2-4-8-16/h2-13H,14H2,1H3,(H2,23,25)(H,24,26). The summed E-state index contributed by atoms with van der Waals surface area (Å²) in [5.41, 5.74) is 8.38. The maximum Gasteiger partial charge on any atom is 0.255 e. The molecule has 3 rings (SSSR count). The number of carbonyl (C=O) groups is 2. The zero-order chi connectivity index (χ0) is 19.2. The van der Waals surface area contributed by atoms with E-state index in [-0.39, 0.29) is 5.91 Å². The largest absolute Gasteiger partial charge is 0.489 e. The van der Waals surface area contributed by atoms with Crippen LogP contribution in [0.4, 0.5) is 5.69 Å². The van der Waals surface area contributed by atoms with Gasteiger partial charge in [0, 0.05) is 5.56 Å². The van der Waals surface area contributed by atoms with Crippen molar-refractivity contribution in [2.75, 3.05) is 5.32 Å². The molecule has 0 aliphatic carbocycles. The summed E-state index contributed by atoms with van der Waals surface area (Å²) in [4.78, 5) is 24.1. The molecule has 0 radical (unpaired) electrons. The van der Waals surface area contributed by atoms with Gasteiger partial charge in [-0.1, -0.05) is 42.5 Å². The Labute approximate surface area is 157 Å². The van der Waals surface area contributed by atoms with E-state index >= 15 is 0 Å². The molecule has 5 heteroatoms. The molecule has 3 aromatic rings. The highest BCUT2D eigenvalue weighted by Crippen LogP contribution is 2.21. The minimum Gasteiger partial charge on any atom is -0.489 e. The summed E-state index contributed by atoms with van der Waals surface area (Å²) in [6.07, 6.45) is 0. The Balaban J connectivity index is 1.68. The van der Waals surface area contributed by atoms with Crippen molar-refractivity contribution in [3.8, 4) is 5.75 Å². The predicted octanol–water partition coefficient (Wildman–Crippen LogP) is 3.93. The first kappa shape index (κ1) is 18.2. The SMILES string of the molecule is Cc1cccc(NC(=O)c2ccc(OCc3ccccc3)cc2)c1C(N)=O. The zero-order valence-corrected chi connectivity index (χ0v) is 14.9. The lowest BCUT2D eigenvalue weighted by molar-refractivity contribution is 0.100. The third-order valence-corrected chi connectivity index (χ3v) is 4.13. The van der Waals surface area contributed by atoms with Gasteiger partial charge in [-0.25, -0.2) is 0 Å². The fraction of sp³-hybridized carbons (Fsp3) is 0.0909. The van der Waals surface area contributed by atoms with Crippen LogP contribution in [0.5, 0.6) is 5.75 Å². The number of nitrogens with one attached hydrogen (secondary N) is 1. The molecular weight excluding hydrogens is 340 g/mol. The van der Waals surface area contributed by atoms with Crippen molar-refractivity contribution < 1.29 is 14.3 Å². The van der Waals surface area contributed by atoms with E-state index in [1.165, 1.54) is 0 Å². The number of carbonyl (C=O) groups excluding carboxylic acids is 2. The number of primary amides is 1. The van der Waals surface area contributed by atoms with Crippen molar-refractivity contribution in [2.45, 2.75) is 13.5 Å². The zero-order valence-electron chi connectivity index (χ0n) is 14.9. The van der Waals surface area contributed by atoms with Crippen LogP contribution in [-0.2, 0) is 6.61 Å². The summed E-state index contributed by atoms with van der Waals surface area (Å²) < 4.78 is 5.72. The lowest BCUT2D eigenvalue weighted by atomic mass is 10.1. The fourth-order valence-electron chi connectivity index (χ4n) is 2.74. The van der Waals surface area contributed by atoms with Gasteiger partial charge >= 0.3 is 0 Å². The summed E-state index contributed by atoms with van der Waals surface area (Å²) in [5, 5.41) is 2.75. The van der Waals surface area contributed by atoms with E-state index in [9.17, 15) is 9.59 Å². The molecule has 136 valence electrons. The van der Waals surface area contributed by atoms with Gasteiger partial charge in [-0.05, 0) is 48.4 Å².